The van der Waals surface area contributed by atoms with Gasteiger partial charge in [-0.25, -0.2) is 0 Å². The number of Topliss-reactive ketones (excluding diaryl/α,β-unsaturated/α-hetero) is 1. The number of hydrogen-bond acceptors (Lipinski definition) is 2. The van der Waals surface area contributed by atoms with Crippen LogP contribution in [0.5, 0.6) is 0 Å². The fourth-order valence-electron chi connectivity index (χ4n) is 1.51. The first-order chi connectivity index (χ1) is 7.72. The van der Waals surface area contributed by atoms with Crippen LogP contribution in [0, 0.1) is 0 Å². The Morgan fingerprint density at radius 1 is 1.25 bits per heavy atom. The molecular formula is C13H11BrO2. The minimum atomic E-state index is 0.157. The standard InChI is InChI=1S/C13H11BrO2/c1-2-12(15)9-3-5-10(6-4-9)13-11(14)7-8-16-13/h3-8H,2H2,1H3. The molecule has 0 spiro atoms. The Kier molecular flexibility index (Phi) is 3.25. The zero-order valence-corrected chi connectivity index (χ0v) is 10.5. The lowest BCUT2D eigenvalue weighted by Gasteiger charge is -2.00. The van der Waals surface area contributed by atoms with Crippen LogP contribution in [0.25, 0.3) is 11.3 Å². The second kappa shape index (κ2) is 4.66. The molecule has 0 aliphatic rings. The maximum absolute atomic E-state index is 11.4. The number of ketones is 1. The van der Waals surface area contributed by atoms with Crippen molar-refractivity contribution in [1.82, 2.24) is 0 Å². The maximum Gasteiger partial charge on any atom is 0.162 e. The molecule has 0 saturated heterocycles. The van der Waals surface area contributed by atoms with Crippen LogP contribution in [0.3, 0.4) is 0 Å². The Labute approximate surface area is 102 Å². The van der Waals surface area contributed by atoms with Crippen molar-refractivity contribution in [3.63, 3.8) is 0 Å². The quantitative estimate of drug-likeness (QED) is 0.784. The molecule has 2 nitrogen and oxygen atoms in total. The lowest BCUT2D eigenvalue weighted by molar-refractivity contribution is 0.0988. The summed E-state index contributed by atoms with van der Waals surface area (Å²) in [5.41, 5.74) is 1.71. The molecule has 0 fully saturated rings. The van der Waals surface area contributed by atoms with Gasteiger partial charge < -0.3 is 4.42 Å². The molecule has 82 valence electrons. The predicted octanol–water partition coefficient (Wildman–Crippen LogP) is 4.30. The summed E-state index contributed by atoms with van der Waals surface area (Å²) < 4.78 is 6.26. The molecule has 3 heteroatoms. The molecule has 0 radical (unpaired) electrons. The van der Waals surface area contributed by atoms with Crippen molar-refractivity contribution in [1.29, 1.82) is 0 Å². The van der Waals surface area contributed by atoms with Crippen molar-refractivity contribution >= 4 is 21.7 Å². The van der Waals surface area contributed by atoms with Gasteiger partial charge in [-0.15, -0.1) is 0 Å². The molecule has 0 saturated carbocycles. The third kappa shape index (κ3) is 2.09. The minimum absolute atomic E-state index is 0.157. The lowest BCUT2D eigenvalue weighted by atomic mass is 10.1. The summed E-state index contributed by atoms with van der Waals surface area (Å²) in [4.78, 5) is 11.4. The Bertz CT molecular complexity index is 497. The van der Waals surface area contributed by atoms with Crippen LogP contribution in [0.1, 0.15) is 23.7 Å². The lowest BCUT2D eigenvalue weighted by Crippen LogP contribution is -1.95. The van der Waals surface area contributed by atoms with Gasteiger partial charge >= 0.3 is 0 Å². The van der Waals surface area contributed by atoms with Crippen molar-refractivity contribution in [3.05, 3.63) is 46.6 Å². The predicted molar refractivity (Wildman–Crippen MR) is 66.5 cm³/mol. The van der Waals surface area contributed by atoms with Crippen molar-refractivity contribution in [2.75, 3.05) is 0 Å². The molecular weight excluding hydrogens is 268 g/mol. The molecule has 1 aromatic carbocycles. The Morgan fingerprint density at radius 2 is 1.94 bits per heavy atom. The Hall–Kier alpha value is -1.35. The first-order valence-electron chi connectivity index (χ1n) is 5.09. The van der Waals surface area contributed by atoms with Gasteiger partial charge in [0.25, 0.3) is 0 Å². The van der Waals surface area contributed by atoms with Crippen LogP contribution in [-0.2, 0) is 0 Å². The van der Waals surface area contributed by atoms with Crippen LogP contribution >= 0.6 is 15.9 Å². The Morgan fingerprint density at radius 3 is 2.44 bits per heavy atom. The van der Waals surface area contributed by atoms with Gasteiger partial charge in [-0.05, 0) is 22.0 Å². The summed E-state index contributed by atoms with van der Waals surface area (Å²) in [6.07, 6.45) is 2.16. The Balaban J connectivity index is 2.33. The van der Waals surface area contributed by atoms with Gasteiger partial charge in [0.1, 0.15) is 5.76 Å². The number of carbonyl (C=O) groups excluding carboxylic acids is 1. The highest BCUT2D eigenvalue weighted by Crippen LogP contribution is 2.29. The largest absolute Gasteiger partial charge is 0.463 e. The molecule has 0 aliphatic carbocycles. The third-order valence-corrected chi connectivity index (χ3v) is 3.03. The average molecular weight is 279 g/mol. The van der Waals surface area contributed by atoms with Gasteiger partial charge in [0.15, 0.2) is 5.78 Å². The molecule has 0 N–H and O–H groups in total. The second-order valence-electron chi connectivity index (χ2n) is 3.45. The fourth-order valence-corrected chi connectivity index (χ4v) is 1.94. The number of hydrogen-bond donors (Lipinski definition) is 0. The second-order valence-corrected chi connectivity index (χ2v) is 4.31. The van der Waals surface area contributed by atoms with Crippen molar-refractivity contribution in [3.8, 4) is 11.3 Å². The van der Waals surface area contributed by atoms with Crippen molar-refractivity contribution < 1.29 is 9.21 Å². The molecule has 16 heavy (non-hydrogen) atoms. The summed E-state index contributed by atoms with van der Waals surface area (Å²) in [6.45, 7) is 1.86. The number of rotatable bonds is 3. The van der Waals surface area contributed by atoms with Crippen LogP contribution in [0.4, 0.5) is 0 Å². The van der Waals surface area contributed by atoms with E-state index in [1.165, 1.54) is 0 Å². The van der Waals surface area contributed by atoms with Crippen molar-refractivity contribution in [2.24, 2.45) is 0 Å². The topological polar surface area (TPSA) is 30.2 Å². The van der Waals surface area contributed by atoms with Crippen LogP contribution < -0.4 is 0 Å². The summed E-state index contributed by atoms with van der Waals surface area (Å²) >= 11 is 3.40. The smallest absolute Gasteiger partial charge is 0.162 e. The highest BCUT2D eigenvalue weighted by Gasteiger charge is 2.08. The van der Waals surface area contributed by atoms with E-state index in [1.807, 2.05) is 37.3 Å². The van der Waals surface area contributed by atoms with Crippen LogP contribution in [0.2, 0.25) is 0 Å². The number of carbonyl (C=O) groups is 1. The fraction of sp³-hybridized carbons (Fsp3) is 0.154. The molecule has 0 bridgehead atoms. The van der Waals surface area contributed by atoms with Crippen LogP contribution in [0.15, 0.2) is 45.5 Å². The van der Waals surface area contributed by atoms with E-state index in [-0.39, 0.29) is 5.78 Å². The molecule has 2 aromatic rings. The monoisotopic (exact) mass is 278 g/mol. The molecule has 0 atom stereocenters. The first kappa shape index (κ1) is 11.1. The highest BCUT2D eigenvalue weighted by molar-refractivity contribution is 9.10. The summed E-state index contributed by atoms with van der Waals surface area (Å²) in [5.74, 6) is 0.945. The highest BCUT2D eigenvalue weighted by atomic mass is 79.9. The van der Waals surface area contributed by atoms with E-state index in [1.54, 1.807) is 6.26 Å². The molecule has 0 aliphatic heterocycles. The molecule has 0 amide bonds. The number of halogens is 1. The summed E-state index contributed by atoms with van der Waals surface area (Å²) in [6, 6.07) is 9.30. The van der Waals surface area contributed by atoms with Gasteiger partial charge in [-0.2, -0.15) is 0 Å². The first-order valence-corrected chi connectivity index (χ1v) is 5.88. The average Bonchev–Trinajstić information content (AvgIpc) is 2.75. The third-order valence-electron chi connectivity index (χ3n) is 2.41. The van der Waals surface area contributed by atoms with Gasteiger partial charge in [0.2, 0.25) is 0 Å². The zero-order chi connectivity index (χ0) is 11.5. The van der Waals surface area contributed by atoms with E-state index < -0.39 is 0 Å². The van der Waals surface area contributed by atoms with E-state index in [9.17, 15) is 4.79 Å². The minimum Gasteiger partial charge on any atom is -0.463 e. The van der Waals surface area contributed by atoms with E-state index in [0.29, 0.717) is 6.42 Å². The number of furan rings is 1. The number of benzene rings is 1. The molecule has 1 heterocycles. The zero-order valence-electron chi connectivity index (χ0n) is 8.87. The van der Waals surface area contributed by atoms with E-state index in [2.05, 4.69) is 15.9 Å². The summed E-state index contributed by atoms with van der Waals surface area (Å²) in [7, 11) is 0. The summed E-state index contributed by atoms with van der Waals surface area (Å²) in [5, 5.41) is 0. The van der Waals surface area contributed by atoms with Gasteiger partial charge in [0.05, 0.1) is 10.7 Å². The SMILES string of the molecule is CCC(=O)c1ccc(-c2occc2Br)cc1. The van der Waals surface area contributed by atoms with E-state index in [0.717, 1.165) is 21.4 Å². The van der Waals surface area contributed by atoms with Gasteiger partial charge in [-0.3, -0.25) is 4.79 Å². The van der Waals surface area contributed by atoms with Crippen molar-refractivity contribution in [2.45, 2.75) is 13.3 Å². The van der Waals surface area contributed by atoms with Gasteiger partial charge in [-0.1, -0.05) is 31.2 Å². The maximum atomic E-state index is 11.4. The molecule has 0 unspecified atom stereocenters. The molecule has 2 rings (SSSR count). The van der Waals surface area contributed by atoms with Gasteiger partial charge in [0, 0.05) is 17.5 Å². The van der Waals surface area contributed by atoms with E-state index in [4.69, 9.17) is 4.42 Å². The van der Waals surface area contributed by atoms with E-state index >= 15 is 0 Å². The molecule has 1 aromatic heterocycles. The van der Waals surface area contributed by atoms with Crippen LogP contribution in [-0.4, -0.2) is 5.78 Å². The normalized spacial score (nSPS) is 10.4.